The van der Waals surface area contributed by atoms with E-state index in [-0.39, 0.29) is 118 Å². The number of rotatable bonds is 5. The second kappa shape index (κ2) is 13.6. The van der Waals surface area contributed by atoms with Crippen molar-refractivity contribution in [2.75, 3.05) is 0 Å². The molecule has 0 spiro atoms. The summed E-state index contributed by atoms with van der Waals surface area (Å²) in [7, 11) is -11.2. The van der Waals surface area contributed by atoms with Gasteiger partial charge < -0.3 is 34.4 Å². The molecule has 1 aromatic carbocycles. The molecule has 0 radical (unpaired) electrons. The Balaban J connectivity index is -0.000000451. The molecule has 0 bridgehead atoms. The maximum atomic E-state index is 10.9. The van der Waals surface area contributed by atoms with E-state index in [0.29, 0.717) is 5.56 Å². The molecule has 0 fully saturated rings. The van der Waals surface area contributed by atoms with Gasteiger partial charge in [-0.2, -0.15) is 0 Å². The van der Waals surface area contributed by atoms with Gasteiger partial charge in [0, 0.05) is 10.9 Å². The van der Waals surface area contributed by atoms with E-state index in [4.69, 9.17) is 5.73 Å². The molecule has 0 aliphatic rings. The zero-order chi connectivity index (χ0) is 14.9. The van der Waals surface area contributed by atoms with E-state index < -0.39 is 32.6 Å². The van der Waals surface area contributed by atoms with Gasteiger partial charge in [0.15, 0.2) is 0 Å². The van der Waals surface area contributed by atoms with Crippen molar-refractivity contribution in [3.63, 3.8) is 0 Å². The van der Waals surface area contributed by atoms with Gasteiger partial charge in [-0.15, -0.1) is 0 Å². The summed E-state index contributed by atoms with van der Waals surface area (Å²) < 4.78 is 21.9. The number of benzene rings is 1. The predicted molar refractivity (Wildman–Crippen MR) is 61.6 cm³/mol. The van der Waals surface area contributed by atoms with Crippen LogP contribution in [-0.2, 0) is 14.7 Å². The molecule has 1 rings (SSSR count). The first-order valence-electron chi connectivity index (χ1n) is 5.32. The van der Waals surface area contributed by atoms with E-state index in [9.17, 15) is 28.7 Å². The van der Waals surface area contributed by atoms with Crippen LogP contribution in [0.25, 0.3) is 0 Å². The third-order valence-corrected chi connectivity index (χ3v) is 6.29. The third-order valence-electron chi connectivity index (χ3n) is 2.77. The predicted octanol–water partition coefficient (Wildman–Crippen LogP) is -13.6. The molecule has 13 heteroatoms. The Kier molecular flexibility index (Phi) is 20.1. The standard InChI is InChI=1S/C10H17NO6P2.4Na/c1-10(11,8-5-3-2-4-6-8)7-9(18(12,13)14)19(15,16)17;;;;/h2-6,9H,7,11H2,1H3,(H2,12,13,14)(H2,15,16,17);;;;/q;4*+1/p-4. The summed E-state index contributed by atoms with van der Waals surface area (Å²) in [5.74, 6) is 0. The molecule has 2 N–H and O–H groups in total. The summed E-state index contributed by atoms with van der Waals surface area (Å²) in [6, 6.07) is 8.04. The molecule has 0 aliphatic carbocycles. The van der Waals surface area contributed by atoms with Crippen LogP contribution in [0, 0.1) is 0 Å². The largest absolute Gasteiger partial charge is 1.00 e. The fourth-order valence-corrected chi connectivity index (χ4v) is 4.30. The van der Waals surface area contributed by atoms with Crippen LogP contribution in [0.3, 0.4) is 0 Å². The number of hydrogen-bond acceptors (Lipinski definition) is 7. The van der Waals surface area contributed by atoms with Crippen LogP contribution in [0.1, 0.15) is 18.9 Å². The second-order valence-electron chi connectivity index (χ2n) is 4.55. The molecule has 0 saturated carbocycles. The molecular weight excluding hydrogens is 384 g/mol. The molecule has 0 amide bonds. The summed E-state index contributed by atoms with van der Waals surface area (Å²) in [6.07, 6.45) is -0.772. The molecule has 0 aromatic heterocycles. The Morgan fingerprint density at radius 1 is 0.957 bits per heavy atom. The monoisotopic (exact) mass is 397 g/mol. The molecule has 1 unspecified atom stereocenters. The van der Waals surface area contributed by atoms with Crippen molar-refractivity contribution < 1.29 is 147 Å². The van der Waals surface area contributed by atoms with E-state index in [1.165, 1.54) is 6.92 Å². The van der Waals surface area contributed by atoms with Gasteiger partial charge >= 0.3 is 118 Å². The van der Waals surface area contributed by atoms with Crippen molar-refractivity contribution in [2.24, 2.45) is 5.73 Å². The average molecular weight is 397 g/mol. The van der Waals surface area contributed by atoms with Crippen LogP contribution in [-0.4, -0.2) is 5.40 Å². The summed E-state index contributed by atoms with van der Waals surface area (Å²) >= 11 is 0. The zero-order valence-electron chi connectivity index (χ0n) is 14.1. The molecular formula is C10H13NNa4O6P2. The van der Waals surface area contributed by atoms with Crippen molar-refractivity contribution >= 4 is 15.2 Å². The zero-order valence-corrected chi connectivity index (χ0v) is 23.9. The summed E-state index contributed by atoms with van der Waals surface area (Å²) in [5, 5.41) is -2.55. The van der Waals surface area contributed by atoms with Gasteiger partial charge in [0.1, 0.15) is 0 Å². The molecule has 7 nitrogen and oxygen atoms in total. The molecule has 0 heterocycles. The fraction of sp³-hybridized carbons (Fsp3) is 0.400. The van der Waals surface area contributed by atoms with Crippen molar-refractivity contribution in [1.82, 2.24) is 0 Å². The van der Waals surface area contributed by atoms with E-state index in [1.54, 1.807) is 30.3 Å². The molecule has 1 atom stereocenters. The normalized spacial score (nSPS) is 13.5. The minimum atomic E-state index is -5.58. The van der Waals surface area contributed by atoms with Crippen LogP contribution >= 0.6 is 15.2 Å². The molecule has 23 heavy (non-hydrogen) atoms. The third kappa shape index (κ3) is 11.8. The Morgan fingerprint density at radius 2 is 1.30 bits per heavy atom. The van der Waals surface area contributed by atoms with Gasteiger partial charge in [-0.3, -0.25) is 0 Å². The Labute approximate surface area is 224 Å². The van der Waals surface area contributed by atoms with Gasteiger partial charge in [0.2, 0.25) is 0 Å². The number of hydrogen-bond donors (Lipinski definition) is 1. The number of nitrogens with two attached hydrogens (primary N) is 1. The van der Waals surface area contributed by atoms with Gasteiger partial charge in [-0.25, -0.2) is 0 Å². The van der Waals surface area contributed by atoms with Crippen LogP contribution in [0.5, 0.6) is 0 Å². The van der Waals surface area contributed by atoms with Crippen molar-refractivity contribution in [3.05, 3.63) is 35.9 Å². The van der Waals surface area contributed by atoms with Gasteiger partial charge in [-0.05, 0) is 18.9 Å². The second-order valence-corrected chi connectivity index (χ2v) is 8.36. The smallest absolute Gasteiger partial charge is 0.810 e. The first-order valence-corrected chi connectivity index (χ1v) is 8.55. The van der Waals surface area contributed by atoms with Gasteiger partial charge in [0.05, 0.1) is 0 Å². The van der Waals surface area contributed by atoms with Crippen LogP contribution in [0.4, 0.5) is 0 Å². The average Bonchev–Trinajstić information content (AvgIpc) is 2.24. The maximum absolute atomic E-state index is 10.9. The van der Waals surface area contributed by atoms with Crippen molar-refractivity contribution in [1.29, 1.82) is 0 Å². The Morgan fingerprint density at radius 3 is 1.61 bits per heavy atom. The quantitative estimate of drug-likeness (QED) is 0.383. The van der Waals surface area contributed by atoms with Gasteiger partial charge in [0.25, 0.3) is 0 Å². The maximum Gasteiger partial charge on any atom is 1.00 e. The molecule has 108 valence electrons. The Bertz CT molecular complexity index is 513. The molecule has 1 aromatic rings. The Hall–Kier alpha value is 3.48. The van der Waals surface area contributed by atoms with Crippen LogP contribution < -0.4 is 144 Å². The summed E-state index contributed by atoms with van der Waals surface area (Å²) in [6.45, 7) is 1.36. The first-order chi connectivity index (χ1) is 8.44. The van der Waals surface area contributed by atoms with Crippen molar-refractivity contribution in [2.45, 2.75) is 24.3 Å². The summed E-state index contributed by atoms with van der Waals surface area (Å²) in [4.78, 5) is 43.7. The molecule has 0 saturated heterocycles. The van der Waals surface area contributed by atoms with Crippen LogP contribution in [0.15, 0.2) is 30.3 Å². The van der Waals surface area contributed by atoms with Gasteiger partial charge in [-0.1, -0.05) is 45.5 Å². The topological polar surface area (TPSA) is 152 Å². The van der Waals surface area contributed by atoms with Crippen LogP contribution in [0.2, 0.25) is 0 Å². The minimum Gasteiger partial charge on any atom is -0.810 e. The SMILES string of the molecule is CC(N)(CC(P(=O)([O-])[O-])P(=O)([O-])[O-])c1ccccc1.[Na+].[Na+].[Na+].[Na+]. The minimum absolute atomic E-state index is 0. The van der Waals surface area contributed by atoms with E-state index in [0.717, 1.165) is 0 Å². The van der Waals surface area contributed by atoms with Crippen molar-refractivity contribution in [3.8, 4) is 0 Å². The van der Waals surface area contributed by atoms with E-state index in [1.807, 2.05) is 0 Å². The summed E-state index contributed by atoms with van der Waals surface area (Å²) in [5.41, 5.74) is 4.85. The van der Waals surface area contributed by atoms with E-state index >= 15 is 0 Å². The first kappa shape index (κ1) is 34.0. The fourth-order valence-electron chi connectivity index (χ4n) is 1.71. The van der Waals surface area contributed by atoms with E-state index in [2.05, 4.69) is 0 Å². The molecule has 0 aliphatic heterocycles.